The highest BCUT2D eigenvalue weighted by Gasteiger charge is 2.32. The average Bonchev–Trinajstić information content (AvgIpc) is 2.82. The monoisotopic (exact) mass is 430 g/mol. The summed E-state index contributed by atoms with van der Waals surface area (Å²) in [4.78, 5) is 21.0. The highest BCUT2D eigenvalue weighted by atomic mass is 16.1. The molecule has 0 radical (unpaired) electrons. The summed E-state index contributed by atoms with van der Waals surface area (Å²) in [5.74, 6) is 0.878. The Bertz CT molecular complexity index is 1100. The molecule has 168 valence electrons. The number of nitrogens with one attached hydrogen (secondary N) is 1. The Hall–Kier alpha value is -2.76. The Kier molecular flexibility index (Phi) is 6.87. The Morgan fingerprint density at radius 1 is 1.06 bits per heavy atom. The minimum atomic E-state index is 0.0665. The van der Waals surface area contributed by atoms with Crippen LogP contribution in [0.3, 0.4) is 0 Å². The second-order valence-electron chi connectivity index (χ2n) is 8.85. The number of rotatable bonds is 6. The third-order valence-corrected chi connectivity index (χ3v) is 6.68. The molecule has 2 heterocycles. The van der Waals surface area contributed by atoms with Crippen LogP contribution in [0.25, 0.3) is 0 Å². The fourth-order valence-electron chi connectivity index (χ4n) is 4.71. The Morgan fingerprint density at radius 3 is 2.47 bits per heavy atom. The standard InChI is InChI=1S/C27H34N4O/c1-5-24(30-16-15-28-17-25(30)23-13-11-19(2)12-14-23)26-29-21(4)20(3)27(32)31(26)18-22-9-7-6-8-10-22/h6-14,24-25,28H,5,15-18H2,1-4H3. The molecule has 0 bridgehead atoms. The van der Waals surface area contributed by atoms with Gasteiger partial charge in [-0.05, 0) is 38.3 Å². The molecule has 0 aliphatic carbocycles. The van der Waals surface area contributed by atoms with E-state index >= 15 is 0 Å². The molecule has 1 aromatic heterocycles. The second-order valence-corrected chi connectivity index (χ2v) is 8.85. The van der Waals surface area contributed by atoms with Crippen molar-refractivity contribution in [2.24, 2.45) is 0 Å². The molecule has 1 aliphatic rings. The Labute approximate surface area is 191 Å². The van der Waals surface area contributed by atoms with Gasteiger partial charge in [0.2, 0.25) is 0 Å². The summed E-state index contributed by atoms with van der Waals surface area (Å²) in [5.41, 5.74) is 5.32. The maximum absolute atomic E-state index is 13.4. The van der Waals surface area contributed by atoms with Gasteiger partial charge in [-0.25, -0.2) is 4.98 Å². The van der Waals surface area contributed by atoms with E-state index in [-0.39, 0.29) is 17.6 Å². The van der Waals surface area contributed by atoms with Crippen molar-refractivity contribution in [3.8, 4) is 0 Å². The molecular formula is C27H34N4O. The van der Waals surface area contributed by atoms with Crippen LogP contribution in [0.15, 0.2) is 59.4 Å². The third kappa shape index (κ3) is 4.54. The molecule has 5 heteroatoms. The molecule has 3 aromatic rings. The highest BCUT2D eigenvalue weighted by Crippen LogP contribution is 2.33. The number of hydrogen-bond donors (Lipinski definition) is 1. The molecule has 4 rings (SSSR count). The molecule has 0 spiro atoms. The summed E-state index contributed by atoms with van der Waals surface area (Å²) in [7, 11) is 0. The van der Waals surface area contributed by atoms with E-state index in [2.05, 4.69) is 60.5 Å². The smallest absolute Gasteiger partial charge is 0.257 e. The molecule has 2 atom stereocenters. The van der Waals surface area contributed by atoms with E-state index in [1.54, 1.807) is 0 Å². The molecule has 0 saturated carbocycles. The third-order valence-electron chi connectivity index (χ3n) is 6.68. The van der Waals surface area contributed by atoms with Crippen LogP contribution in [0.5, 0.6) is 0 Å². The zero-order valence-corrected chi connectivity index (χ0v) is 19.6. The molecule has 1 fully saturated rings. The van der Waals surface area contributed by atoms with Crippen LogP contribution in [0, 0.1) is 20.8 Å². The van der Waals surface area contributed by atoms with Crippen molar-refractivity contribution in [1.82, 2.24) is 19.8 Å². The van der Waals surface area contributed by atoms with Crippen molar-refractivity contribution in [3.05, 3.63) is 98.7 Å². The fraction of sp³-hybridized carbons (Fsp3) is 0.407. The van der Waals surface area contributed by atoms with Crippen LogP contribution in [-0.2, 0) is 6.54 Å². The largest absolute Gasteiger partial charge is 0.314 e. The van der Waals surface area contributed by atoms with Crippen molar-refractivity contribution < 1.29 is 0 Å². The maximum Gasteiger partial charge on any atom is 0.257 e. The minimum absolute atomic E-state index is 0.0665. The minimum Gasteiger partial charge on any atom is -0.314 e. The zero-order chi connectivity index (χ0) is 22.7. The number of hydrogen-bond acceptors (Lipinski definition) is 4. The number of nitrogens with zero attached hydrogens (tertiary/aromatic N) is 3. The van der Waals surface area contributed by atoms with Crippen molar-refractivity contribution in [3.63, 3.8) is 0 Å². The molecule has 2 aromatic carbocycles. The quantitative estimate of drug-likeness (QED) is 0.633. The molecule has 32 heavy (non-hydrogen) atoms. The molecule has 1 N–H and O–H groups in total. The van der Waals surface area contributed by atoms with E-state index in [0.29, 0.717) is 6.54 Å². The summed E-state index contributed by atoms with van der Waals surface area (Å²) in [6.45, 7) is 11.5. The number of aromatic nitrogens is 2. The first kappa shape index (κ1) is 22.4. The SMILES string of the molecule is CCC(c1nc(C)c(C)c(=O)n1Cc1ccccc1)N1CCNCC1c1ccc(C)cc1. The van der Waals surface area contributed by atoms with Crippen LogP contribution in [0.4, 0.5) is 0 Å². The van der Waals surface area contributed by atoms with Gasteiger partial charge in [0.05, 0.1) is 12.6 Å². The van der Waals surface area contributed by atoms with Crippen LogP contribution >= 0.6 is 0 Å². The number of benzene rings is 2. The summed E-state index contributed by atoms with van der Waals surface area (Å²) >= 11 is 0. The predicted octanol–water partition coefficient (Wildman–Crippen LogP) is 4.31. The van der Waals surface area contributed by atoms with Gasteiger partial charge in [0, 0.05) is 36.9 Å². The lowest BCUT2D eigenvalue weighted by Crippen LogP contribution is -2.48. The Morgan fingerprint density at radius 2 is 1.78 bits per heavy atom. The van der Waals surface area contributed by atoms with E-state index in [1.807, 2.05) is 36.6 Å². The van der Waals surface area contributed by atoms with Gasteiger partial charge in [0.1, 0.15) is 5.82 Å². The van der Waals surface area contributed by atoms with Gasteiger partial charge in [-0.2, -0.15) is 0 Å². The van der Waals surface area contributed by atoms with Gasteiger partial charge < -0.3 is 5.32 Å². The first-order valence-corrected chi connectivity index (χ1v) is 11.6. The lowest BCUT2D eigenvalue weighted by atomic mass is 9.98. The van der Waals surface area contributed by atoms with E-state index in [9.17, 15) is 4.79 Å². The van der Waals surface area contributed by atoms with Crippen molar-refractivity contribution in [2.45, 2.75) is 52.7 Å². The summed E-state index contributed by atoms with van der Waals surface area (Å²) in [5, 5.41) is 3.56. The van der Waals surface area contributed by atoms with Crippen LogP contribution in [0.1, 0.15) is 59.2 Å². The van der Waals surface area contributed by atoms with Crippen molar-refractivity contribution in [2.75, 3.05) is 19.6 Å². The summed E-state index contributed by atoms with van der Waals surface area (Å²) in [6.07, 6.45) is 0.895. The molecular weight excluding hydrogens is 396 g/mol. The zero-order valence-electron chi connectivity index (χ0n) is 19.6. The molecule has 0 amide bonds. The van der Waals surface area contributed by atoms with Gasteiger partial charge in [-0.3, -0.25) is 14.3 Å². The van der Waals surface area contributed by atoms with Gasteiger partial charge in [-0.1, -0.05) is 67.1 Å². The Balaban J connectivity index is 1.78. The van der Waals surface area contributed by atoms with Crippen LogP contribution in [-0.4, -0.2) is 34.1 Å². The van der Waals surface area contributed by atoms with Crippen molar-refractivity contribution >= 4 is 0 Å². The highest BCUT2D eigenvalue weighted by molar-refractivity contribution is 5.26. The van der Waals surface area contributed by atoms with Crippen LogP contribution in [0.2, 0.25) is 0 Å². The average molecular weight is 431 g/mol. The van der Waals surface area contributed by atoms with E-state index in [4.69, 9.17) is 4.98 Å². The molecule has 1 aliphatic heterocycles. The number of aryl methyl sites for hydroxylation is 2. The summed E-state index contributed by atoms with van der Waals surface area (Å²) < 4.78 is 1.90. The van der Waals surface area contributed by atoms with E-state index < -0.39 is 0 Å². The van der Waals surface area contributed by atoms with Crippen LogP contribution < -0.4 is 10.9 Å². The lowest BCUT2D eigenvalue weighted by molar-refractivity contribution is 0.0943. The molecule has 2 unspecified atom stereocenters. The van der Waals surface area contributed by atoms with Gasteiger partial charge in [-0.15, -0.1) is 0 Å². The van der Waals surface area contributed by atoms with Gasteiger partial charge >= 0.3 is 0 Å². The maximum atomic E-state index is 13.4. The summed E-state index contributed by atoms with van der Waals surface area (Å²) in [6, 6.07) is 19.4. The topological polar surface area (TPSA) is 50.2 Å². The van der Waals surface area contributed by atoms with Gasteiger partial charge in [0.25, 0.3) is 5.56 Å². The predicted molar refractivity (Wildman–Crippen MR) is 130 cm³/mol. The van der Waals surface area contributed by atoms with Gasteiger partial charge in [0.15, 0.2) is 0 Å². The first-order chi connectivity index (χ1) is 15.5. The molecule has 1 saturated heterocycles. The normalized spacial score (nSPS) is 17.9. The lowest BCUT2D eigenvalue weighted by Gasteiger charge is -2.42. The first-order valence-electron chi connectivity index (χ1n) is 11.6. The molecule has 5 nitrogen and oxygen atoms in total. The van der Waals surface area contributed by atoms with E-state index in [0.717, 1.165) is 48.7 Å². The second kappa shape index (κ2) is 9.80. The number of piperazine rings is 1. The van der Waals surface area contributed by atoms with E-state index in [1.165, 1.54) is 11.1 Å². The fourth-order valence-corrected chi connectivity index (χ4v) is 4.71. The van der Waals surface area contributed by atoms with Crippen molar-refractivity contribution in [1.29, 1.82) is 0 Å².